The van der Waals surface area contributed by atoms with Crippen LogP contribution in [-0.2, 0) is 4.74 Å². The molecule has 6 heteroatoms. The van der Waals surface area contributed by atoms with Crippen molar-refractivity contribution in [2.24, 2.45) is 0 Å². The Morgan fingerprint density at radius 2 is 1.79 bits per heavy atom. The molecule has 128 valence electrons. The first kappa shape index (κ1) is 17.9. The highest BCUT2D eigenvalue weighted by atomic mass is 16.5. The number of nitrogens with zero attached hydrogens (tertiary/aromatic N) is 2. The molecule has 0 aliphatic rings. The molecule has 0 fully saturated rings. The predicted octanol–water partition coefficient (Wildman–Crippen LogP) is 3.10. The average Bonchev–Trinajstić information content (AvgIpc) is 2.50. The van der Waals surface area contributed by atoms with Gasteiger partial charge in [-0.2, -0.15) is 0 Å². The van der Waals surface area contributed by atoms with Crippen LogP contribution in [-0.4, -0.2) is 36.1 Å². The zero-order chi connectivity index (χ0) is 17.5. The van der Waals surface area contributed by atoms with Crippen LogP contribution in [0, 0.1) is 20.8 Å². The Bertz CT molecular complexity index is 696. The molecule has 0 aliphatic heterocycles. The number of hydrogen-bond acceptors (Lipinski definition) is 5. The standard InChI is InChI=1S/C18H24N4O2/c1-12-8-13(2)10-15(9-12)22-18(23)16-11-17(21-14(3)20-16)19-6-5-7-24-4/h8-11H,5-7H2,1-4H3,(H,22,23)(H,19,20,21). The number of rotatable bonds is 7. The van der Waals surface area contributed by atoms with Crippen LogP contribution in [0.1, 0.15) is 33.9 Å². The van der Waals surface area contributed by atoms with E-state index in [4.69, 9.17) is 4.74 Å². The molecule has 0 saturated carbocycles. The Labute approximate surface area is 142 Å². The smallest absolute Gasteiger partial charge is 0.274 e. The number of carbonyl (C=O) groups is 1. The number of ether oxygens (including phenoxy) is 1. The van der Waals surface area contributed by atoms with Crippen LogP contribution in [0.3, 0.4) is 0 Å². The van der Waals surface area contributed by atoms with Crippen molar-refractivity contribution in [1.82, 2.24) is 9.97 Å². The summed E-state index contributed by atoms with van der Waals surface area (Å²) >= 11 is 0. The molecule has 0 radical (unpaired) electrons. The molecule has 6 nitrogen and oxygen atoms in total. The fraction of sp³-hybridized carbons (Fsp3) is 0.389. The van der Waals surface area contributed by atoms with Crippen LogP contribution >= 0.6 is 0 Å². The van der Waals surface area contributed by atoms with Crippen molar-refractivity contribution in [3.63, 3.8) is 0 Å². The van der Waals surface area contributed by atoms with Crippen molar-refractivity contribution in [2.45, 2.75) is 27.2 Å². The van der Waals surface area contributed by atoms with Crippen molar-refractivity contribution >= 4 is 17.4 Å². The van der Waals surface area contributed by atoms with E-state index < -0.39 is 0 Å². The van der Waals surface area contributed by atoms with Gasteiger partial charge in [0.1, 0.15) is 17.3 Å². The zero-order valence-electron chi connectivity index (χ0n) is 14.6. The summed E-state index contributed by atoms with van der Waals surface area (Å²) in [5.74, 6) is 0.951. The summed E-state index contributed by atoms with van der Waals surface area (Å²) in [6.07, 6.45) is 0.865. The normalized spacial score (nSPS) is 10.5. The van der Waals surface area contributed by atoms with Gasteiger partial charge in [0.15, 0.2) is 0 Å². The molecule has 0 aliphatic carbocycles. The van der Waals surface area contributed by atoms with Crippen molar-refractivity contribution in [3.8, 4) is 0 Å². The highest BCUT2D eigenvalue weighted by Gasteiger charge is 2.11. The fourth-order valence-electron chi connectivity index (χ4n) is 2.45. The summed E-state index contributed by atoms with van der Waals surface area (Å²) in [6.45, 7) is 7.17. The maximum atomic E-state index is 12.5. The summed E-state index contributed by atoms with van der Waals surface area (Å²) in [6, 6.07) is 7.59. The third-order valence-electron chi connectivity index (χ3n) is 3.38. The van der Waals surface area contributed by atoms with Gasteiger partial charge in [-0.3, -0.25) is 4.79 Å². The number of aryl methyl sites for hydroxylation is 3. The van der Waals surface area contributed by atoms with Gasteiger partial charge in [-0.1, -0.05) is 6.07 Å². The van der Waals surface area contributed by atoms with Crippen LogP contribution in [0.15, 0.2) is 24.3 Å². The SMILES string of the molecule is COCCCNc1cc(C(=O)Nc2cc(C)cc(C)c2)nc(C)n1. The lowest BCUT2D eigenvalue weighted by Gasteiger charge is -2.10. The minimum Gasteiger partial charge on any atom is -0.385 e. The lowest BCUT2D eigenvalue weighted by atomic mass is 10.1. The molecule has 0 atom stereocenters. The van der Waals surface area contributed by atoms with Crippen molar-refractivity contribution < 1.29 is 9.53 Å². The number of aromatic nitrogens is 2. The lowest BCUT2D eigenvalue weighted by molar-refractivity contribution is 0.102. The fourth-order valence-corrected chi connectivity index (χ4v) is 2.45. The number of anilines is 2. The van der Waals surface area contributed by atoms with Crippen LogP contribution in [0.2, 0.25) is 0 Å². The Morgan fingerprint density at radius 3 is 2.46 bits per heavy atom. The highest BCUT2D eigenvalue weighted by Crippen LogP contribution is 2.15. The first-order valence-electron chi connectivity index (χ1n) is 7.96. The molecule has 2 rings (SSSR count). The summed E-state index contributed by atoms with van der Waals surface area (Å²) in [5.41, 5.74) is 3.31. The second kappa shape index (κ2) is 8.40. The third kappa shape index (κ3) is 5.31. The minimum absolute atomic E-state index is 0.245. The van der Waals surface area contributed by atoms with Crippen LogP contribution in [0.4, 0.5) is 11.5 Å². The number of hydrogen-bond donors (Lipinski definition) is 2. The molecular weight excluding hydrogens is 304 g/mol. The van der Waals surface area contributed by atoms with Gasteiger partial charge in [-0.25, -0.2) is 9.97 Å². The van der Waals surface area contributed by atoms with Crippen LogP contribution < -0.4 is 10.6 Å². The van der Waals surface area contributed by atoms with Crippen LogP contribution in [0.5, 0.6) is 0 Å². The maximum absolute atomic E-state index is 12.5. The van der Waals surface area contributed by atoms with Gasteiger partial charge in [-0.15, -0.1) is 0 Å². The molecule has 2 N–H and O–H groups in total. The van der Waals surface area contributed by atoms with E-state index in [0.717, 1.165) is 29.8 Å². The second-order valence-electron chi connectivity index (χ2n) is 5.79. The summed E-state index contributed by atoms with van der Waals surface area (Å²) in [7, 11) is 1.67. The molecular formula is C18H24N4O2. The molecule has 1 aromatic heterocycles. The van der Waals surface area contributed by atoms with E-state index >= 15 is 0 Å². The molecule has 0 saturated heterocycles. The molecule has 2 aromatic rings. The van der Waals surface area contributed by atoms with Gasteiger partial charge >= 0.3 is 0 Å². The topological polar surface area (TPSA) is 76.1 Å². The van der Waals surface area contributed by atoms with Gasteiger partial charge < -0.3 is 15.4 Å². The van der Waals surface area contributed by atoms with Crippen molar-refractivity contribution in [2.75, 3.05) is 30.9 Å². The summed E-state index contributed by atoms with van der Waals surface area (Å²) in [5, 5.41) is 6.08. The monoisotopic (exact) mass is 328 g/mol. The van der Waals surface area contributed by atoms with Gasteiger partial charge in [0, 0.05) is 32.0 Å². The molecule has 1 heterocycles. The molecule has 0 spiro atoms. The van der Waals surface area contributed by atoms with E-state index in [1.54, 1.807) is 20.1 Å². The van der Waals surface area contributed by atoms with Gasteiger partial charge in [-0.05, 0) is 50.5 Å². The largest absolute Gasteiger partial charge is 0.385 e. The van der Waals surface area contributed by atoms with Crippen LogP contribution in [0.25, 0.3) is 0 Å². The van der Waals surface area contributed by atoms with E-state index in [-0.39, 0.29) is 5.91 Å². The van der Waals surface area contributed by atoms with E-state index in [1.807, 2.05) is 26.0 Å². The quantitative estimate of drug-likeness (QED) is 0.764. The molecule has 24 heavy (non-hydrogen) atoms. The van der Waals surface area contributed by atoms with Gasteiger partial charge in [0.05, 0.1) is 0 Å². The Hall–Kier alpha value is -2.47. The molecule has 1 aromatic carbocycles. The van der Waals surface area contributed by atoms with Gasteiger partial charge in [0.2, 0.25) is 0 Å². The molecule has 1 amide bonds. The lowest BCUT2D eigenvalue weighted by Crippen LogP contribution is -2.16. The van der Waals surface area contributed by atoms with E-state index in [9.17, 15) is 4.79 Å². The Kier molecular flexibility index (Phi) is 6.26. The summed E-state index contributed by atoms with van der Waals surface area (Å²) < 4.78 is 5.01. The Morgan fingerprint density at radius 1 is 1.08 bits per heavy atom. The number of carbonyl (C=O) groups excluding carboxylic acids is 1. The van der Waals surface area contributed by atoms with Crippen molar-refractivity contribution in [3.05, 3.63) is 46.9 Å². The van der Waals surface area contributed by atoms with E-state index in [1.165, 1.54) is 0 Å². The first-order chi connectivity index (χ1) is 11.5. The second-order valence-corrected chi connectivity index (χ2v) is 5.79. The minimum atomic E-state index is -0.245. The highest BCUT2D eigenvalue weighted by molar-refractivity contribution is 6.03. The Balaban J connectivity index is 2.09. The van der Waals surface area contributed by atoms with Crippen molar-refractivity contribution in [1.29, 1.82) is 0 Å². The van der Waals surface area contributed by atoms with E-state index in [0.29, 0.717) is 23.9 Å². The number of methoxy groups -OCH3 is 1. The third-order valence-corrected chi connectivity index (χ3v) is 3.38. The zero-order valence-corrected chi connectivity index (χ0v) is 14.6. The van der Waals surface area contributed by atoms with Gasteiger partial charge in [0.25, 0.3) is 5.91 Å². The average molecular weight is 328 g/mol. The van der Waals surface area contributed by atoms with E-state index in [2.05, 4.69) is 26.7 Å². The first-order valence-corrected chi connectivity index (χ1v) is 7.96. The number of amides is 1. The number of nitrogens with one attached hydrogen (secondary N) is 2. The summed E-state index contributed by atoms with van der Waals surface area (Å²) in [4.78, 5) is 21.0. The number of benzene rings is 1. The maximum Gasteiger partial charge on any atom is 0.274 e. The predicted molar refractivity (Wildman–Crippen MR) is 95.6 cm³/mol. The molecule has 0 bridgehead atoms. The molecule has 0 unspecified atom stereocenters.